The highest BCUT2D eigenvalue weighted by atomic mass is 16.6. The molecule has 28 heavy (non-hydrogen) atoms. The van der Waals surface area contributed by atoms with Gasteiger partial charge in [0.1, 0.15) is 5.75 Å². The molecule has 0 aliphatic carbocycles. The minimum Gasteiger partial charge on any atom is -0.494 e. The summed E-state index contributed by atoms with van der Waals surface area (Å²) in [6.45, 7) is 2.23. The number of nitro groups is 1. The van der Waals surface area contributed by atoms with Crippen molar-refractivity contribution in [2.45, 2.75) is 26.2 Å². The Morgan fingerprint density at radius 2 is 2.00 bits per heavy atom. The Bertz CT molecular complexity index is 941. The number of methoxy groups -OCH3 is 1. The van der Waals surface area contributed by atoms with Gasteiger partial charge in [-0.05, 0) is 44.0 Å². The molecule has 2 aromatic carbocycles. The van der Waals surface area contributed by atoms with Crippen LogP contribution in [0.1, 0.15) is 35.2 Å². The van der Waals surface area contributed by atoms with Crippen molar-refractivity contribution in [3.63, 3.8) is 0 Å². The third-order valence-electron chi connectivity index (χ3n) is 4.71. The van der Waals surface area contributed by atoms with Crippen molar-refractivity contribution < 1.29 is 19.2 Å². The first kappa shape index (κ1) is 19.3. The van der Waals surface area contributed by atoms with Gasteiger partial charge in [-0.1, -0.05) is 0 Å². The van der Waals surface area contributed by atoms with Crippen molar-refractivity contribution in [2.75, 3.05) is 23.9 Å². The highest BCUT2D eigenvalue weighted by Gasteiger charge is 2.23. The number of piperidine rings is 1. The lowest BCUT2D eigenvalue weighted by molar-refractivity contribution is -0.385. The first-order chi connectivity index (χ1) is 13.4. The second kappa shape index (κ2) is 8.08. The summed E-state index contributed by atoms with van der Waals surface area (Å²) < 4.78 is 5.42. The van der Waals surface area contributed by atoms with E-state index in [9.17, 15) is 19.7 Å². The Balaban J connectivity index is 1.81. The van der Waals surface area contributed by atoms with E-state index in [-0.39, 0.29) is 17.5 Å². The lowest BCUT2D eigenvalue weighted by atomic mass is 10.1. The van der Waals surface area contributed by atoms with Gasteiger partial charge in [0.2, 0.25) is 5.91 Å². The van der Waals surface area contributed by atoms with Gasteiger partial charge in [-0.15, -0.1) is 0 Å². The van der Waals surface area contributed by atoms with Crippen LogP contribution in [0, 0.1) is 17.0 Å². The van der Waals surface area contributed by atoms with Crippen molar-refractivity contribution in [1.82, 2.24) is 0 Å². The lowest BCUT2D eigenvalue weighted by Crippen LogP contribution is -2.35. The largest absolute Gasteiger partial charge is 0.494 e. The van der Waals surface area contributed by atoms with Crippen LogP contribution in [0.3, 0.4) is 0 Å². The van der Waals surface area contributed by atoms with Crippen LogP contribution in [0.5, 0.6) is 5.75 Å². The van der Waals surface area contributed by atoms with Crippen molar-refractivity contribution in [1.29, 1.82) is 0 Å². The number of nitrogens with zero attached hydrogens (tertiary/aromatic N) is 2. The monoisotopic (exact) mass is 383 g/mol. The molecule has 1 heterocycles. The summed E-state index contributed by atoms with van der Waals surface area (Å²) >= 11 is 0. The zero-order valence-corrected chi connectivity index (χ0v) is 15.7. The highest BCUT2D eigenvalue weighted by Crippen LogP contribution is 2.33. The maximum Gasteiger partial charge on any atom is 0.272 e. The molecule has 2 aromatic rings. The highest BCUT2D eigenvalue weighted by molar-refractivity contribution is 6.05. The minimum absolute atomic E-state index is 0.0335. The summed E-state index contributed by atoms with van der Waals surface area (Å²) in [5.41, 5.74) is 1.88. The smallest absolute Gasteiger partial charge is 0.272 e. The molecule has 2 amide bonds. The quantitative estimate of drug-likeness (QED) is 0.627. The van der Waals surface area contributed by atoms with Crippen molar-refractivity contribution in [3.05, 3.63) is 57.6 Å². The van der Waals surface area contributed by atoms with Crippen LogP contribution in [0.2, 0.25) is 0 Å². The SMILES string of the molecule is COc1cc(NC(=O)c2ccc([N+](=O)[O-])c(C)c2)ccc1N1CCCCC1=O. The third kappa shape index (κ3) is 3.95. The number of hydrogen-bond acceptors (Lipinski definition) is 5. The first-order valence-corrected chi connectivity index (χ1v) is 8.95. The van der Waals surface area contributed by atoms with E-state index in [4.69, 9.17) is 4.74 Å². The predicted octanol–water partition coefficient (Wildman–Crippen LogP) is 3.68. The second-order valence-electron chi connectivity index (χ2n) is 6.60. The molecule has 0 spiro atoms. The number of ether oxygens (including phenoxy) is 1. The van der Waals surface area contributed by atoms with E-state index in [1.165, 1.54) is 25.3 Å². The van der Waals surface area contributed by atoms with Crippen LogP contribution in [0.15, 0.2) is 36.4 Å². The van der Waals surface area contributed by atoms with Gasteiger partial charge in [0, 0.05) is 41.9 Å². The van der Waals surface area contributed by atoms with E-state index in [2.05, 4.69) is 5.32 Å². The van der Waals surface area contributed by atoms with E-state index in [1.54, 1.807) is 30.0 Å². The summed E-state index contributed by atoms with van der Waals surface area (Å²) in [6.07, 6.45) is 2.34. The van der Waals surface area contributed by atoms with Crippen molar-refractivity contribution in [3.8, 4) is 5.75 Å². The standard InChI is InChI=1S/C20H21N3O5/c1-13-11-14(6-8-16(13)23(26)27)20(25)21-15-7-9-17(18(12-15)28-2)22-10-4-3-5-19(22)24/h6-9,11-12H,3-5,10H2,1-2H3,(H,21,25). The van der Waals surface area contributed by atoms with Gasteiger partial charge in [0.05, 0.1) is 17.7 Å². The molecule has 146 valence electrons. The molecule has 1 saturated heterocycles. The maximum absolute atomic E-state index is 12.5. The van der Waals surface area contributed by atoms with Gasteiger partial charge < -0.3 is 15.0 Å². The molecule has 3 rings (SSSR count). The number of nitro benzene ring substituents is 1. The maximum atomic E-state index is 12.5. The number of amides is 2. The molecular formula is C20H21N3O5. The van der Waals surface area contributed by atoms with Gasteiger partial charge in [-0.2, -0.15) is 0 Å². The van der Waals surface area contributed by atoms with Crippen LogP contribution in [-0.2, 0) is 4.79 Å². The second-order valence-corrected chi connectivity index (χ2v) is 6.60. The molecule has 1 aliphatic heterocycles. The fraction of sp³-hybridized carbons (Fsp3) is 0.300. The summed E-state index contributed by atoms with van der Waals surface area (Å²) in [5, 5.41) is 13.7. The van der Waals surface area contributed by atoms with E-state index in [1.807, 2.05) is 0 Å². The number of benzene rings is 2. The van der Waals surface area contributed by atoms with Gasteiger partial charge in [0.25, 0.3) is 11.6 Å². The molecule has 8 nitrogen and oxygen atoms in total. The van der Waals surface area contributed by atoms with Gasteiger partial charge >= 0.3 is 0 Å². The summed E-state index contributed by atoms with van der Waals surface area (Å²) in [7, 11) is 1.51. The molecule has 1 fully saturated rings. The van der Waals surface area contributed by atoms with Crippen LogP contribution >= 0.6 is 0 Å². The van der Waals surface area contributed by atoms with Crippen LogP contribution in [0.4, 0.5) is 17.1 Å². The number of anilines is 2. The molecular weight excluding hydrogens is 362 g/mol. The number of rotatable bonds is 5. The zero-order chi connectivity index (χ0) is 20.3. The first-order valence-electron chi connectivity index (χ1n) is 8.95. The Kier molecular flexibility index (Phi) is 5.58. The van der Waals surface area contributed by atoms with Gasteiger partial charge in [-0.3, -0.25) is 19.7 Å². The third-order valence-corrected chi connectivity index (χ3v) is 4.71. The van der Waals surface area contributed by atoms with Gasteiger partial charge in [0.15, 0.2) is 0 Å². The number of nitrogens with one attached hydrogen (secondary N) is 1. The minimum atomic E-state index is -0.484. The van der Waals surface area contributed by atoms with Gasteiger partial charge in [-0.25, -0.2) is 0 Å². The summed E-state index contributed by atoms with van der Waals surface area (Å²) in [6, 6.07) is 9.32. The van der Waals surface area contributed by atoms with E-state index in [0.717, 1.165) is 12.8 Å². The Morgan fingerprint density at radius 3 is 2.64 bits per heavy atom. The van der Waals surface area contributed by atoms with Crippen molar-refractivity contribution in [2.24, 2.45) is 0 Å². The van der Waals surface area contributed by atoms with Crippen LogP contribution in [-0.4, -0.2) is 30.4 Å². The fourth-order valence-corrected chi connectivity index (χ4v) is 3.24. The van der Waals surface area contributed by atoms with E-state index in [0.29, 0.717) is 41.2 Å². The Morgan fingerprint density at radius 1 is 1.21 bits per heavy atom. The molecule has 0 radical (unpaired) electrons. The average Bonchev–Trinajstić information content (AvgIpc) is 2.68. The number of carbonyl (C=O) groups excluding carboxylic acids is 2. The zero-order valence-electron chi connectivity index (χ0n) is 15.7. The fourth-order valence-electron chi connectivity index (χ4n) is 3.24. The molecule has 1 aliphatic rings. The average molecular weight is 383 g/mol. The van der Waals surface area contributed by atoms with Crippen LogP contribution in [0.25, 0.3) is 0 Å². The molecule has 0 unspecified atom stereocenters. The van der Waals surface area contributed by atoms with E-state index < -0.39 is 4.92 Å². The Labute approximate surface area is 162 Å². The number of hydrogen-bond donors (Lipinski definition) is 1. The van der Waals surface area contributed by atoms with E-state index >= 15 is 0 Å². The summed E-state index contributed by atoms with van der Waals surface area (Å²) in [5.74, 6) is 0.164. The summed E-state index contributed by atoms with van der Waals surface area (Å²) in [4.78, 5) is 36.8. The molecule has 0 aromatic heterocycles. The van der Waals surface area contributed by atoms with Crippen LogP contribution < -0.4 is 15.0 Å². The molecule has 0 bridgehead atoms. The number of aryl methyl sites for hydroxylation is 1. The predicted molar refractivity (Wildman–Crippen MR) is 105 cm³/mol. The molecule has 1 N–H and O–H groups in total. The Hall–Kier alpha value is -3.42. The number of carbonyl (C=O) groups is 2. The molecule has 0 saturated carbocycles. The molecule has 8 heteroatoms. The molecule has 0 atom stereocenters. The topological polar surface area (TPSA) is 102 Å². The normalized spacial score (nSPS) is 13.9. The van der Waals surface area contributed by atoms with Crippen molar-refractivity contribution >= 4 is 28.9 Å². The lowest BCUT2D eigenvalue weighted by Gasteiger charge is -2.28.